The van der Waals surface area contributed by atoms with Gasteiger partial charge in [-0.05, 0) is 20.5 Å². The summed E-state index contributed by atoms with van der Waals surface area (Å²) in [6, 6.07) is 2.48. The van der Waals surface area contributed by atoms with Crippen LogP contribution < -0.4 is 10.2 Å². The first-order valence-electron chi connectivity index (χ1n) is 8.89. The van der Waals surface area contributed by atoms with Crippen LogP contribution in [0.2, 0.25) is 0 Å². The Morgan fingerprint density at radius 1 is 1.04 bits per heavy atom. The Morgan fingerprint density at radius 2 is 1.86 bits per heavy atom. The van der Waals surface area contributed by atoms with Gasteiger partial charge in [0, 0.05) is 19.1 Å². The maximum absolute atomic E-state index is 8.77. The lowest BCUT2D eigenvalue weighted by atomic mass is 10.2. The van der Waals surface area contributed by atoms with Crippen LogP contribution in [0.4, 0.5) is 17.5 Å². The van der Waals surface area contributed by atoms with Crippen molar-refractivity contribution >= 4 is 17.5 Å². The first-order valence-corrected chi connectivity index (χ1v) is 8.89. The van der Waals surface area contributed by atoms with Crippen LogP contribution in [0.25, 0.3) is 5.82 Å². The molecule has 3 aromatic rings. The van der Waals surface area contributed by atoms with E-state index in [2.05, 4.69) is 54.1 Å². The topological polar surface area (TPSA) is 112 Å². The third-order valence-corrected chi connectivity index (χ3v) is 4.71. The number of hydrogen-bond donors (Lipinski definition) is 1. The van der Waals surface area contributed by atoms with Crippen LogP contribution in [0.3, 0.4) is 0 Å². The lowest BCUT2D eigenvalue weighted by molar-refractivity contribution is 0.315. The van der Waals surface area contributed by atoms with Gasteiger partial charge in [-0.25, -0.2) is 24.9 Å². The number of imidazole rings is 1. The second-order valence-electron chi connectivity index (χ2n) is 6.77. The molecule has 0 radical (unpaired) electrons. The summed E-state index contributed by atoms with van der Waals surface area (Å²) in [7, 11) is 4.22. The van der Waals surface area contributed by atoms with Crippen molar-refractivity contribution in [3.8, 4) is 11.9 Å². The van der Waals surface area contributed by atoms with E-state index in [1.165, 1.54) is 12.4 Å². The van der Waals surface area contributed by atoms with E-state index in [0.717, 1.165) is 25.3 Å². The van der Waals surface area contributed by atoms with E-state index in [1.54, 1.807) is 29.5 Å². The summed E-state index contributed by atoms with van der Waals surface area (Å²) in [5, 5.41) is 11.8. The van der Waals surface area contributed by atoms with Crippen LogP contribution in [0, 0.1) is 11.3 Å². The molecule has 4 rings (SSSR count). The van der Waals surface area contributed by atoms with Crippen LogP contribution in [-0.2, 0) is 0 Å². The highest BCUT2D eigenvalue weighted by Crippen LogP contribution is 2.20. The highest BCUT2D eigenvalue weighted by Gasteiger charge is 2.25. The molecule has 28 heavy (non-hydrogen) atoms. The molecule has 1 aliphatic rings. The highest BCUT2D eigenvalue weighted by molar-refractivity contribution is 5.50. The average molecular weight is 376 g/mol. The van der Waals surface area contributed by atoms with E-state index < -0.39 is 0 Å². The van der Waals surface area contributed by atoms with Gasteiger partial charge in [0.15, 0.2) is 11.5 Å². The zero-order valence-corrected chi connectivity index (χ0v) is 15.7. The largest absolute Gasteiger partial charge is 0.354 e. The van der Waals surface area contributed by atoms with E-state index in [4.69, 9.17) is 5.26 Å². The maximum atomic E-state index is 8.77. The summed E-state index contributed by atoms with van der Waals surface area (Å²) in [4.78, 5) is 26.0. The van der Waals surface area contributed by atoms with Gasteiger partial charge in [0.2, 0.25) is 0 Å². The molecule has 3 aromatic heterocycles. The summed E-state index contributed by atoms with van der Waals surface area (Å²) in [5.41, 5.74) is 0.265. The van der Waals surface area contributed by atoms with Gasteiger partial charge in [-0.15, -0.1) is 0 Å². The number of nitrogens with one attached hydrogen (secondary N) is 1. The van der Waals surface area contributed by atoms with Gasteiger partial charge in [-0.1, -0.05) is 0 Å². The van der Waals surface area contributed by atoms with E-state index >= 15 is 0 Å². The molecular formula is C18H20N10. The van der Waals surface area contributed by atoms with E-state index in [-0.39, 0.29) is 5.69 Å². The zero-order valence-electron chi connectivity index (χ0n) is 15.7. The number of nitriles is 1. The van der Waals surface area contributed by atoms with Crippen LogP contribution in [-0.4, -0.2) is 67.6 Å². The van der Waals surface area contributed by atoms with E-state index in [9.17, 15) is 0 Å². The fourth-order valence-electron chi connectivity index (χ4n) is 3.08. The third kappa shape index (κ3) is 3.74. The standard InChI is InChI=1S/C18H20N10/c1-26(2)14-3-4-27(10-14)17-8-23-18(9-22-17)28-11-16(24-12-28)25-15-7-20-13(5-19)6-21-15/h6-9,11-12,14H,3-4,10H2,1-2H3,(H,21,25). The second-order valence-corrected chi connectivity index (χ2v) is 6.77. The SMILES string of the molecule is CN(C)C1CCN(c2cnc(-n3cnc(Nc4cnc(C#N)cn4)c3)cn2)C1. The first-order chi connectivity index (χ1) is 13.6. The van der Waals surface area contributed by atoms with Crippen molar-refractivity contribution in [2.45, 2.75) is 12.5 Å². The van der Waals surface area contributed by atoms with Crippen molar-refractivity contribution in [2.24, 2.45) is 0 Å². The normalized spacial score (nSPS) is 16.4. The minimum Gasteiger partial charge on any atom is -0.354 e. The number of likely N-dealkylation sites (N-methyl/N-ethyl adjacent to an activating group) is 1. The molecule has 4 heterocycles. The molecule has 0 saturated carbocycles. The van der Waals surface area contributed by atoms with Gasteiger partial charge in [0.25, 0.3) is 0 Å². The lowest BCUT2D eigenvalue weighted by Crippen LogP contribution is -2.31. The van der Waals surface area contributed by atoms with Crippen LogP contribution >= 0.6 is 0 Å². The summed E-state index contributed by atoms with van der Waals surface area (Å²) >= 11 is 0. The molecule has 1 fully saturated rings. The summed E-state index contributed by atoms with van der Waals surface area (Å²) < 4.78 is 1.78. The molecule has 10 nitrogen and oxygen atoms in total. The van der Waals surface area contributed by atoms with Crippen molar-refractivity contribution < 1.29 is 0 Å². The molecule has 1 N–H and O–H groups in total. The monoisotopic (exact) mass is 376 g/mol. The van der Waals surface area contributed by atoms with Gasteiger partial charge in [0.1, 0.15) is 29.9 Å². The van der Waals surface area contributed by atoms with Crippen molar-refractivity contribution in [1.29, 1.82) is 5.26 Å². The van der Waals surface area contributed by atoms with Gasteiger partial charge in [0.05, 0.1) is 31.0 Å². The number of nitrogens with zero attached hydrogens (tertiary/aromatic N) is 9. The zero-order chi connectivity index (χ0) is 19.5. The number of rotatable bonds is 5. The Kier molecular flexibility index (Phi) is 4.82. The first kappa shape index (κ1) is 17.8. The minimum atomic E-state index is 0.265. The Morgan fingerprint density at radius 3 is 2.50 bits per heavy atom. The molecule has 0 bridgehead atoms. The van der Waals surface area contributed by atoms with Crippen molar-refractivity contribution in [1.82, 2.24) is 34.4 Å². The summed E-state index contributed by atoms with van der Waals surface area (Å²) in [6.07, 6.45) is 11.0. The molecule has 0 aliphatic carbocycles. The minimum absolute atomic E-state index is 0.265. The Hall–Kier alpha value is -3.58. The quantitative estimate of drug-likeness (QED) is 0.702. The van der Waals surface area contributed by atoms with Crippen LogP contribution in [0.1, 0.15) is 12.1 Å². The Labute approximate surface area is 162 Å². The molecular weight excluding hydrogens is 356 g/mol. The molecule has 1 saturated heterocycles. The molecule has 0 amide bonds. The molecule has 0 spiro atoms. The number of anilines is 3. The van der Waals surface area contributed by atoms with Crippen molar-refractivity contribution in [3.63, 3.8) is 0 Å². The van der Waals surface area contributed by atoms with E-state index in [1.807, 2.05) is 6.07 Å². The van der Waals surface area contributed by atoms with Crippen LogP contribution in [0.5, 0.6) is 0 Å². The van der Waals surface area contributed by atoms with Crippen molar-refractivity contribution in [2.75, 3.05) is 37.4 Å². The summed E-state index contributed by atoms with van der Waals surface area (Å²) in [5.74, 6) is 2.67. The second kappa shape index (κ2) is 7.58. The fraction of sp³-hybridized carbons (Fsp3) is 0.333. The van der Waals surface area contributed by atoms with Gasteiger partial charge >= 0.3 is 0 Å². The predicted octanol–water partition coefficient (Wildman–Crippen LogP) is 1.21. The van der Waals surface area contributed by atoms with Gasteiger partial charge in [-0.2, -0.15) is 5.26 Å². The average Bonchev–Trinajstić information content (AvgIpc) is 3.39. The summed E-state index contributed by atoms with van der Waals surface area (Å²) in [6.45, 7) is 1.95. The molecule has 1 atom stereocenters. The van der Waals surface area contributed by atoms with Crippen molar-refractivity contribution in [3.05, 3.63) is 43.0 Å². The van der Waals surface area contributed by atoms with E-state index in [0.29, 0.717) is 23.5 Å². The Bertz CT molecular complexity index is 971. The fourth-order valence-corrected chi connectivity index (χ4v) is 3.08. The smallest absolute Gasteiger partial charge is 0.158 e. The molecule has 1 aliphatic heterocycles. The Balaban J connectivity index is 1.43. The van der Waals surface area contributed by atoms with Gasteiger partial charge in [-0.3, -0.25) is 4.57 Å². The maximum Gasteiger partial charge on any atom is 0.158 e. The molecule has 1 unspecified atom stereocenters. The third-order valence-electron chi connectivity index (χ3n) is 4.71. The number of aromatic nitrogens is 6. The van der Waals surface area contributed by atoms with Crippen LogP contribution in [0.15, 0.2) is 37.3 Å². The highest BCUT2D eigenvalue weighted by atomic mass is 15.3. The molecule has 0 aromatic carbocycles. The molecule has 142 valence electrons. The lowest BCUT2D eigenvalue weighted by Gasteiger charge is -2.20. The number of hydrogen-bond acceptors (Lipinski definition) is 9. The predicted molar refractivity (Wildman–Crippen MR) is 103 cm³/mol. The van der Waals surface area contributed by atoms with Gasteiger partial charge < -0.3 is 15.1 Å². The molecule has 10 heteroatoms.